The minimum atomic E-state index is -0.323. The van der Waals surface area contributed by atoms with E-state index in [9.17, 15) is 14.7 Å². The van der Waals surface area contributed by atoms with Crippen molar-refractivity contribution in [2.45, 2.75) is 64.8 Å². The van der Waals surface area contributed by atoms with Crippen LogP contribution in [-0.4, -0.2) is 42.5 Å². The monoisotopic (exact) mass is 363 g/mol. The maximum absolute atomic E-state index is 12.6. The topological polar surface area (TPSA) is 94.1 Å². The van der Waals surface area contributed by atoms with Crippen molar-refractivity contribution >= 4 is 11.2 Å². The van der Waals surface area contributed by atoms with E-state index in [1.165, 1.54) is 7.05 Å². The Kier molecular flexibility index (Phi) is 5.62. The third-order valence-electron chi connectivity index (χ3n) is 5.11. The molecule has 144 valence electrons. The van der Waals surface area contributed by atoms with Gasteiger partial charge in [-0.15, -0.1) is 0 Å². The average Bonchev–Trinajstić information content (AvgIpc) is 3.02. The molecule has 3 rings (SSSR count). The molecule has 2 atom stereocenters. The zero-order chi connectivity index (χ0) is 18.8. The maximum Gasteiger partial charge on any atom is 0.332 e. The number of aliphatic hydroxyl groups is 1. The van der Waals surface area contributed by atoms with Gasteiger partial charge >= 0.3 is 5.69 Å². The predicted molar refractivity (Wildman–Crippen MR) is 100 cm³/mol. The number of fused-ring (bicyclic) bond motifs is 1. The van der Waals surface area contributed by atoms with Crippen LogP contribution in [0.4, 0.5) is 0 Å². The van der Waals surface area contributed by atoms with Gasteiger partial charge in [0.25, 0.3) is 5.56 Å². The predicted octanol–water partition coefficient (Wildman–Crippen LogP) is 0.446. The number of nitrogens with one attached hydrogen (secondary N) is 1. The number of piperidine rings is 1. The van der Waals surface area contributed by atoms with Crippen LogP contribution in [0.15, 0.2) is 15.9 Å². The Bertz CT molecular complexity index is 879. The van der Waals surface area contributed by atoms with Gasteiger partial charge in [0.1, 0.15) is 0 Å². The molecule has 0 bridgehead atoms. The quantitative estimate of drug-likeness (QED) is 0.777. The minimum absolute atomic E-state index is 0.112. The standard InChI is InChI=1S/C18H29N5O3/c1-12(2)10-23-16-15(17(25)21(3)18(23)26)22(11-20-16)9-5-6-13-14(24)7-4-8-19-13/h11-14,19,24H,4-10H2,1-3H3/t13-,14+/m1/s1. The van der Waals surface area contributed by atoms with Gasteiger partial charge in [-0.05, 0) is 38.1 Å². The second kappa shape index (κ2) is 7.75. The van der Waals surface area contributed by atoms with Gasteiger partial charge in [0, 0.05) is 26.2 Å². The van der Waals surface area contributed by atoms with Crippen molar-refractivity contribution in [1.29, 1.82) is 0 Å². The van der Waals surface area contributed by atoms with E-state index in [2.05, 4.69) is 10.3 Å². The summed E-state index contributed by atoms with van der Waals surface area (Å²) < 4.78 is 4.59. The fourth-order valence-electron chi connectivity index (χ4n) is 3.72. The highest BCUT2D eigenvalue weighted by Gasteiger charge is 2.22. The summed E-state index contributed by atoms with van der Waals surface area (Å²) in [7, 11) is 1.51. The molecule has 2 aromatic heterocycles. The zero-order valence-electron chi connectivity index (χ0n) is 15.8. The van der Waals surface area contributed by atoms with Crippen LogP contribution in [0.5, 0.6) is 0 Å². The van der Waals surface area contributed by atoms with Gasteiger partial charge in [-0.1, -0.05) is 13.8 Å². The van der Waals surface area contributed by atoms with E-state index in [0.717, 1.165) is 36.8 Å². The molecule has 2 aromatic rings. The maximum atomic E-state index is 12.6. The largest absolute Gasteiger partial charge is 0.392 e. The van der Waals surface area contributed by atoms with Gasteiger partial charge in [-0.2, -0.15) is 0 Å². The number of rotatable bonds is 6. The Labute approximate surface area is 152 Å². The highest BCUT2D eigenvalue weighted by atomic mass is 16.3. The normalized spacial score (nSPS) is 21.0. The molecule has 1 aliphatic rings. The van der Waals surface area contributed by atoms with Crippen molar-refractivity contribution in [3.63, 3.8) is 0 Å². The van der Waals surface area contributed by atoms with Crippen LogP contribution in [-0.2, 0) is 20.1 Å². The Morgan fingerprint density at radius 3 is 2.85 bits per heavy atom. The zero-order valence-corrected chi connectivity index (χ0v) is 15.8. The fourth-order valence-corrected chi connectivity index (χ4v) is 3.72. The van der Waals surface area contributed by atoms with Crippen molar-refractivity contribution in [1.82, 2.24) is 24.0 Å². The summed E-state index contributed by atoms with van der Waals surface area (Å²) in [4.78, 5) is 29.4. The second-order valence-corrected chi connectivity index (χ2v) is 7.67. The third-order valence-corrected chi connectivity index (χ3v) is 5.11. The second-order valence-electron chi connectivity index (χ2n) is 7.67. The summed E-state index contributed by atoms with van der Waals surface area (Å²) in [6.07, 6.45) is 4.86. The molecule has 2 N–H and O–H groups in total. The van der Waals surface area contributed by atoms with Crippen LogP contribution in [0.1, 0.15) is 39.5 Å². The number of imidazole rings is 1. The molecule has 0 spiro atoms. The van der Waals surface area contributed by atoms with Crippen molar-refractivity contribution < 1.29 is 5.11 Å². The van der Waals surface area contributed by atoms with Crippen LogP contribution >= 0.6 is 0 Å². The Balaban J connectivity index is 1.84. The highest BCUT2D eigenvalue weighted by Crippen LogP contribution is 2.15. The van der Waals surface area contributed by atoms with E-state index in [-0.39, 0.29) is 29.3 Å². The molecule has 0 amide bonds. The molecular weight excluding hydrogens is 334 g/mol. The lowest BCUT2D eigenvalue weighted by atomic mass is 9.97. The van der Waals surface area contributed by atoms with E-state index >= 15 is 0 Å². The number of hydrogen-bond donors (Lipinski definition) is 2. The Morgan fingerprint density at radius 1 is 1.38 bits per heavy atom. The summed E-state index contributed by atoms with van der Waals surface area (Å²) in [6, 6.07) is 0.112. The molecule has 1 saturated heterocycles. The minimum Gasteiger partial charge on any atom is -0.392 e. The van der Waals surface area contributed by atoms with Gasteiger partial charge in [0.05, 0.1) is 12.4 Å². The van der Waals surface area contributed by atoms with Gasteiger partial charge in [0.2, 0.25) is 0 Å². The van der Waals surface area contributed by atoms with Crippen LogP contribution in [0.25, 0.3) is 11.2 Å². The molecule has 0 unspecified atom stereocenters. The summed E-state index contributed by atoms with van der Waals surface area (Å²) >= 11 is 0. The number of aromatic nitrogens is 4. The van der Waals surface area contributed by atoms with Crippen molar-refractivity contribution in [2.75, 3.05) is 6.54 Å². The summed E-state index contributed by atoms with van der Waals surface area (Å²) in [5, 5.41) is 13.4. The fraction of sp³-hybridized carbons (Fsp3) is 0.722. The molecule has 0 aliphatic carbocycles. The van der Waals surface area contributed by atoms with Crippen LogP contribution < -0.4 is 16.6 Å². The molecule has 26 heavy (non-hydrogen) atoms. The first-order chi connectivity index (χ1) is 12.4. The van der Waals surface area contributed by atoms with Gasteiger partial charge in [0.15, 0.2) is 11.2 Å². The van der Waals surface area contributed by atoms with E-state index in [0.29, 0.717) is 24.3 Å². The van der Waals surface area contributed by atoms with E-state index in [1.54, 1.807) is 10.9 Å². The molecule has 0 saturated carbocycles. The third kappa shape index (κ3) is 3.61. The summed E-state index contributed by atoms with van der Waals surface area (Å²) in [5.74, 6) is 0.275. The number of nitrogens with zero attached hydrogens (tertiary/aromatic N) is 4. The van der Waals surface area contributed by atoms with E-state index in [4.69, 9.17) is 0 Å². The molecule has 8 heteroatoms. The van der Waals surface area contributed by atoms with Gasteiger partial charge < -0.3 is 15.0 Å². The van der Waals surface area contributed by atoms with Crippen molar-refractivity contribution in [3.05, 3.63) is 27.2 Å². The van der Waals surface area contributed by atoms with Crippen molar-refractivity contribution in [2.24, 2.45) is 13.0 Å². The molecule has 8 nitrogen and oxygen atoms in total. The molecular formula is C18H29N5O3. The number of aliphatic hydroxyl groups excluding tert-OH is 1. The SMILES string of the molecule is CC(C)Cn1c(=O)n(C)c(=O)c2c1ncn2CCC[C@H]1NCCC[C@@H]1O. The molecule has 1 fully saturated rings. The average molecular weight is 363 g/mol. The Hall–Kier alpha value is -1.93. The van der Waals surface area contributed by atoms with Crippen molar-refractivity contribution in [3.8, 4) is 0 Å². The van der Waals surface area contributed by atoms with Crippen LogP contribution in [0, 0.1) is 5.92 Å². The van der Waals surface area contributed by atoms with E-state index < -0.39 is 0 Å². The lowest BCUT2D eigenvalue weighted by molar-refractivity contribution is 0.0909. The first-order valence-corrected chi connectivity index (χ1v) is 9.46. The first kappa shape index (κ1) is 18.8. The van der Waals surface area contributed by atoms with Gasteiger partial charge in [-0.25, -0.2) is 9.78 Å². The van der Waals surface area contributed by atoms with Gasteiger partial charge in [-0.3, -0.25) is 13.9 Å². The Morgan fingerprint density at radius 2 is 2.15 bits per heavy atom. The lowest BCUT2D eigenvalue weighted by Crippen LogP contribution is -2.44. The number of hydrogen-bond acceptors (Lipinski definition) is 5. The lowest BCUT2D eigenvalue weighted by Gasteiger charge is -2.28. The van der Waals surface area contributed by atoms with E-state index in [1.807, 2.05) is 18.4 Å². The molecule has 1 aliphatic heterocycles. The highest BCUT2D eigenvalue weighted by molar-refractivity contribution is 5.70. The smallest absolute Gasteiger partial charge is 0.332 e. The summed E-state index contributed by atoms with van der Waals surface area (Å²) in [5.41, 5.74) is 0.307. The molecule has 0 radical (unpaired) electrons. The summed E-state index contributed by atoms with van der Waals surface area (Å²) in [6.45, 7) is 6.17. The first-order valence-electron chi connectivity index (χ1n) is 9.46. The van der Waals surface area contributed by atoms with Crippen LogP contribution in [0.3, 0.4) is 0 Å². The van der Waals surface area contributed by atoms with Crippen LogP contribution in [0.2, 0.25) is 0 Å². The number of aryl methyl sites for hydroxylation is 1. The molecule has 0 aromatic carbocycles. The molecule has 3 heterocycles.